The molecule has 0 aliphatic heterocycles. The number of nitrogens with one attached hydrogen (secondary N) is 1. The minimum absolute atomic E-state index is 0.507. The SMILES string of the molecule is Cc1cccc(Oc2ccccc2CN=C(N)NC2CC2)c1. The summed E-state index contributed by atoms with van der Waals surface area (Å²) in [5, 5.41) is 3.19. The number of guanidine groups is 1. The molecule has 1 saturated carbocycles. The molecule has 0 bridgehead atoms. The topological polar surface area (TPSA) is 59.6 Å². The average molecular weight is 295 g/mol. The van der Waals surface area contributed by atoms with E-state index in [1.54, 1.807) is 0 Å². The number of para-hydroxylation sites is 1. The number of aliphatic imine (C=N–C) groups is 1. The lowest BCUT2D eigenvalue weighted by Crippen LogP contribution is -2.33. The number of hydrogen-bond donors (Lipinski definition) is 2. The maximum atomic E-state index is 5.99. The van der Waals surface area contributed by atoms with Gasteiger partial charge >= 0.3 is 0 Å². The largest absolute Gasteiger partial charge is 0.457 e. The smallest absolute Gasteiger partial charge is 0.189 e. The molecule has 0 aromatic heterocycles. The Kier molecular flexibility index (Phi) is 4.28. The van der Waals surface area contributed by atoms with Crippen LogP contribution in [0.4, 0.5) is 0 Å². The monoisotopic (exact) mass is 295 g/mol. The maximum Gasteiger partial charge on any atom is 0.189 e. The summed E-state index contributed by atoms with van der Waals surface area (Å²) >= 11 is 0. The van der Waals surface area contributed by atoms with Gasteiger partial charge in [-0.15, -0.1) is 0 Å². The van der Waals surface area contributed by atoms with Crippen LogP contribution in [0.25, 0.3) is 0 Å². The Morgan fingerprint density at radius 1 is 1.23 bits per heavy atom. The van der Waals surface area contributed by atoms with Crippen LogP contribution in [0.1, 0.15) is 24.0 Å². The molecule has 3 rings (SSSR count). The number of aryl methyl sites for hydroxylation is 1. The third kappa shape index (κ3) is 4.01. The van der Waals surface area contributed by atoms with Crippen LogP contribution in [0, 0.1) is 6.92 Å². The second kappa shape index (κ2) is 6.52. The number of rotatable bonds is 5. The number of hydrogen-bond acceptors (Lipinski definition) is 2. The van der Waals surface area contributed by atoms with Crippen molar-refractivity contribution in [1.82, 2.24) is 5.32 Å². The van der Waals surface area contributed by atoms with Gasteiger partial charge in [-0.25, -0.2) is 4.99 Å². The van der Waals surface area contributed by atoms with Gasteiger partial charge in [-0.3, -0.25) is 0 Å². The van der Waals surface area contributed by atoms with Gasteiger partial charge in [-0.2, -0.15) is 0 Å². The summed E-state index contributed by atoms with van der Waals surface area (Å²) in [4.78, 5) is 4.40. The summed E-state index contributed by atoms with van der Waals surface area (Å²) in [5.74, 6) is 2.16. The van der Waals surface area contributed by atoms with Gasteiger partial charge in [0.1, 0.15) is 11.5 Å². The lowest BCUT2D eigenvalue weighted by atomic mass is 10.2. The fourth-order valence-corrected chi connectivity index (χ4v) is 2.19. The number of nitrogens with two attached hydrogens (primary N) is 1. The molecule has 1 fully saturated rings. The highest BCUT2D eigenvalue weighted by molar-refractivity contribution is 5.78. The Labute approximate surface area is 131 Å². The Morgan fingerprint density at radius 2 is 2.05 bits per heavy atom. The molecule has 22 heavy (non-hydrogen) atoms. The van der Waals surface area contributed by atoms with Crippen LogP contribution in [0.15, 0.2) is 53.5 Å². The maximum absolute atomic E-state index is 5.99. The Hall–Kier alpha value is -2.49. The molecule has 2 aromatic rings. The van der Waals surface area contributed by atoms with Gasteiger partial charge in [-0.05, 0) is 43.5 Å². The number of benzene rings is 2. The van der Waals surface area contributed by atoms with Crippen LogP contribution >= 0.6 is 0 Å². The van der Waals surface area contributed by atoms with E-state index in [-0.39, 0.29) is 0 Å². The van der Waals surface area contributed by atoms with Gasteiger partial charge in [0.2, 0.25) is 0 Å². The quantitative estimate of drug-likeness (QED) is 0.657. The van der Waals surface area contributed by atoms with Crippen LogP contribution < -0.4 is 15.8 Å². The van der Waals surface area contributed by atoms with E-state index in [4.69, 9.17) is 10.5 Å². The van der Waals surface area contributed by atoms with Crippen LogP contribution in [0.3, 0.4) is 0 Å². The molecule has 0 radical (unpaired) electrons. The zero-order valence-electron chi connectivity index (χ0n) is 12.8. The van der Waals surface area contributed by atoms with E-state index in [1.165, 1.54) is 18.4 Å². The van der Waals surface area contributed by atoms with Gasteiger partial charge in [0.15, 0.2) is 5.96 Å². The van der Waals surface area contributed by atoms with E-state index in [9.17, 15) is 0 Å². The molecule has 0 saturated heterocycles. The average Bonchev–Trinajstić information content (AvgIpc) is 3.30. The van der Waals surface area contributed by atoms with Crippen LogP contribution in [-0.2, 0) is 6.54 Å². The van der Waals surface area contributed by atoms with E-state index in [1.807, 2.05) is 55.5 Å². The van der Waals surface area contributed by atoms with E-state index >= 15 is 0 Å². The molecule has 1 aliphatic rings. The summed E-state index contributed by atoms with van der Waals surface area (Å²) in [5.41, 5.74) is 8.07. The molecule has 0 amide bonds. The van der Waals surface area contributed by atoms with Crippen molar-refractivity contribution in [2.24, 2.45) is 10.7 Å². The highest BCUT2D eigenvalue weighted by Crippen LogP contribution is 2.26. The number of ether oxygens (including phenoxy) is 1. The van der Waals surface area contributed by atoms with Crippen molar-refractivity contribution in [3.63, 3.8) is 0 Å². The predicted molar refractivity (Wildman–Crippen MR) is 89.2 cm³/mol. The van der Waals surface area contributed by atoms with Gasteiger partial charge in [0.05, 0.1) is 6.54 Å². The van der Waals surface area contributed by atoms with Gasteiger partial charge in [0, 0.05) is 11.6 Å². The molecule has 0 spiro atoms. The summed E-state index contributed by atoms with van der Waals surface area (Å²) in [7, 11) is 0. The molecular weight excluding hydrogens is 274 g/mol. The molecule has 2 aromatic carbocycles. The van der Waals surface area contributed by atoms with Gasteiger partial charge in [0.25, 0.3) is 0 Å². The second-order valence-electron chi connectivity index (χ2n) is 5.65. The minimum atomic E-state index is 0.507. The third-order valence-corrected chi connectivity index (χ3v) is 3.54. The van der Waals surface area contributed by atoms with Crippen LogP contribution in [0.2, 0.25) is 0 Å². The Bertz CT molecular complexity index is 678. The molecule has 0 unspecified atom stereocenters. The first kappa shape index (κ1) is 14.4. The standard InChI is InChI=1S/C18H21N3O/c1-13-5-4-7-16(11-13)22-17-8-3-2-6-14(17)12-20-18(19)21-15-9-10-15/h2-8,11,15H,9-10,12H2,1H3,(H3,19,20,21). The van der Waals surface area contributed by atoms with Crippen molar-refractivity contribution >= 4 is 5.96 Å². The predicted octanol–water partition coefficient (Wildman–Crippen LogP) is 3.35. The van der Waals surface area contributed by atoms with Crippen LogP contribution in [0.5, 0.6) is 11.5 Å². The molecule has 4 nitrogen and oxygen atoms in total. The lowest BCUT2D eigenvalue weighted by Gasteiger charge is -2.11. The zero-order chi connectivity index (χ0) is 15.4. The van der Waals surface area contributed by atoms with Gasteiger partial charge in [-0.1, -0.05) is 30.3 Å². The molecule has 114 valence electrons. The first-order valence-corrected chi connectivity index (χ1v) is 7.59. The number of nitrogens with zero attached hydrogens (tertiary/aromatic N) is 1. The third-order valence-electron chi connectivity index (χ3n) is 3.54. The molecule has 1 aliphatic carbocycles. The summed E-state index contributed by atoms with van der Waals surface area (Å²) in [6.07, 6.45) is 2.37. The highest BCUT2D eigenvalue weighted by Gasteiger charge is 2.21. The minimum Gasteiger partial charge on any atom is -0.457 e. The first-order valence-electron chi connectivity index (χ1n) is 7.59. The fourth-order valence-electron chi connectivity index (χ4n) is 2.19. The van der Waals surface area contributed by atoms with E-state index in [0.29, 0.717) is 18.5 Å². The van der Waals surface area contributed by atoms with E-state index in [2.05, 4.69) is 10.3 Å². The van der Waals surface area contributed by atoms with Crippen molar-refractivity contribution < 1.29 is 4.74 Å². The molecule has 4 heteroatoms. The highest BCUT2D eigenvalue weighted by atomic mass is 16.5. The van der Waals surface area contributed by atoms with E-state index < -0.39 is 0 Å². The van der Waals surface area contributed by atoms with Gasteiger partial charge < -0.3 is 15.8 Å². The summed E-state index contributed by atoms with van der Waals surface area (Å²) in [6, 6.07) is 16.4. The fraction of sp³-hybridized carbons (Fsp3) is 0.278. The molecule has 3 N–H and O–H groups in total. The van der Waals surface area contributed by atoms with Crippen molar-refractivity contribution in [1.29, 1.82) is 0 Å². The van der Waals surface area contributed by atoms with Crippen molar-refractivity contribution in [2.75, 3.05) is 0 Å². The Balaban J connectivity index is 1.71. The zero-order valence-corrected chi connectivity index (χ0v) is 12.8. The molecule has 0 heterocycles. The summed E-state index contributed by atoms with van der Waals surface area (Å²) in [6.45, 7) is 2.56. The molecule has 0 atom stereocenters. The van der Waals surface area contributed by atoms with Crippen molar-refractivity contribution in [3.8, 4) is 11.5 Å². The second-order valence-corrected chi connectivity index (χ2v) is 5.65. The van der Waals surface area contributed by atoms with Crippen LogP contribution in [-0.4, -0.2) is 12.0 Å². The summed E-state index contributed by atoms with van der Waals surface area (Å²) < 4.78 is 5.99. The lowest BCUT2D eigenvalue weighted by molar-refractivity contribution is 0.476. The van der Waals surface area contributed by atoms with E-state index in [0.717, 1.165) is 17.1 Å². The first-order chi connectivity index (χ1) is 10.7. The normalized spacial score (nSPS) is 14.7. The molecular formula is C18H21N3O. The Morgan fingerprint density at radius 3 is 2.82 bits per heavy atom. The van der Waals surface area contributed by atoms with Crippen molar-refractivity contribution in [3.05, 3.63) is 59.7 Å². The van der Waals surface area contributed by atoms with Crippen molar-refractivity contribution in [2.45, 2.75) is 32.4 Å².